The molecular formula is C42H55F2N5O9S. The van der Waals surface area contributed by atoms with E-state index in [0.29, 0.717) is 73.8 Å². The number of nitrogens with zero attached hydrogens (tertiary/aromatic N) is 3. The number of carbonyl (C=O) groups excluding carboxylic acids is 3. The fourth-order valence-corrected chi connectivity index (χ4v) is 10.2. The van der Waals surface area contributed by atoms with Crippen LogP contribution in [0.25, 0.3) is 10.8 Å². The summed E-state index contributed by atoms with van der Waals surface area (Å²) in [6.07, 6.45) is 4.55. The quantitative estimate of drug-likeness (QED) is 0.284. The molecule has 2 saturated carbocycles. The summed E-state index contributed by atoms with van der Waals surface area (Å²) in [4.78, 5) is 63.6. The summed E-state index contributed by atoms with van der Waals surface area (Å²) < 4.78 is 71.0. The van der Waals surface area contributed by atoms with E-state index in [1.165, 1.54) is 4.90 Å². The predicted octanol–water partition coefficient (Wildman–Crippen LogP) is 5.58. The van der Waals surface area contributed by atoms with Gasteiger partial charge in [-0.2, -0.15) is 0 Å². The summed E-state index contributed by atoms with van der Waals surface area (Å²) in [7, 11) is -4.09. The van der Waals surface area contributed by atoms with E-state index < -0.39 is 85.6 Å². The average Bonchev–Trinajstić information content (AvgIpc) is 4.04. The minimum Gasteiger partial charge on any atom is -0.491 e. The minimum atomic E-state index is -4.09. The van der Waals surface area contributed by atoms with Crippen LogP contribution in [0.15, 0.2) is 36.4 Å². The van der Waals surface area contributed by atoms with Crippen molar-refractivity contribution < 1.29 is 51.0 Å². The maximum absolute atomic E-state index is 15.4. The van der Waals surface area contributed by atoms with E-state index in [2.05, 4.69) is 10.0 Å². The Morgan fingerprint density at radius 1 is 1.12 bits per heavy atom. The van der Waals surface area contributed by atoms with Gasteiger partial charge in [0.25, 0.3) is 11.8 Å². The fraction of sp³-hybridized carbons (Fsp3) is 0.643. The fourth-order valence-electron chi connectivity index (χ4n) is 8.91. The lowest BCUT2D eigenvalue weighted by Crippen LogP contribution is -2.66. The van der Waals surface area contributed by atoms with Gasteiger partial charge in [-0.15, -0.1) is 0 Å². The molecule has 1 aromatic carbocycles. The lowest BCUT2D eigenvalue weighted by Gasteiger charge is -2.47. The number of hydrogen-bond acceptors (Lipinski definition) is 9. The third kappa shape index (κ3) is 7.83. The van der Waals surface area contributed by atoms with Gasteiger partial charge < -0.3 is 24.8 Å². The summed E-state index contributed by atoms with van der Waals surface area (Å²) >= 11 is 0. The zero-order valence-electron chi connectivity index (χ0n) is 34.4. The molecule has 7 rings (SSSR count). The Morgan fingerprint density at radius 2 is 1.81 bits per heavy atom. The van der Waals surface area contributed by atoms with Crippen LogP contribution in [0.3, 0.4) is 0 Å². The number of nitrogens with one attached hydrogen (secondary N) is 2. The van der Waals surface area contributed by atoms with Gasteiger partial charge in [0.1, 0.15) is 35.0 Å². The van der Waals surface area contributed by atoms with E-state index in [4.69, 9.17) is 14.5 Å². The highest BCUT2D eigenvalue weighted by Crippen LogP contribution is 2.48. The number of hydrogen-bond donors (Lipinski definition) is 3. The van der Waals surface area contributed by atoms with Crippen molar-refractivity contribution in [1.82, 2.24) is 24.8 Å². The number of ether oxygens (including phenoxy) is 2. The first-order valence-electron chi connectivity index (χ1n) is 20.6. The first-order chi connectivity index (χ1) is 27.6. The summed E-state index contributed by atoms with van der Waals surface area (Å²) in [5.41, 5.74) is -3.34. The van der Waals surface area contributed by atoms with Crippen LogP contribution in [0.5, 0.6) is 11.6 Å². The van der Waals surface area contributed by atoms with Crippen molar-refractivity contribution in [2.45, 2.75) is 139 Å². The monoisotopic (exact) mass is 843 g/mol. The van der Waals surface area contributed by atoms with Crippen LogP contribution in [0.4, 0.5) is 13.6 Å². The average molecular weight is 844 g/mol. The first kappa shape index (κ1) is 42.6. The molecule has 1 saturated heterocycles. The molecule has 0 radical (unpaired) electrons. The molecule has 5 aliphatic rings. The molecule has 4 heterocycles. The van der Waals surface area contributed by atoms with Crippen LogP contribution >= 0.6 is 0 Å². The van der Waals surface area contributed by atoms with Gasteiger partial charge in [-0.05, 0) is 90.0 Å². The Kier molecular flexibility index (Phi) is 11.0. The Bertz CT molecular complexity index is 2170. The number of carboxylic acid groups (broad SMARTS) is 1. The van der Waals surface area contributed by atoms with E-state index in [1.807, 2.05) is 37.3 Å². The lowest BCUT2D eigenvalue weighted by atomic mass is 9.84. The molecule has 0 bridgehead atoms. The van der Waals surface area contributed by atoms with E-state index in [9.17, 15) is 27.9 Å². The molecule has 7 atom stereocenters. The number of rotatable bonds is 8. The van der Waals surface area contributed by atoms with Crippen LogP contribution in [-0.2, 0) is 30.8 Å². The first-order valence-corrected chi connectivity index (χ1v) is 22.1. The normalized spacial score (nSPS) is 30.3. The zero-order chi connectivity index (χ0) is 42.9. The summed E-state index contributed by atoms with van der Waals surface area (Å²) in [5, 5.41) is 14.9. The molecule has 0 unspecified atom stereocenters. The number of alkyl halides is 2. The highest BCUT2D eigenvalue weighted by Gasteiger charge is 2.63. The van der Waals surface area contributed by atoms with Crippen molar-refractivity contribution in [2.75, 3.05) is 13.2 Å². The van der Waals surface area contributed by atoms with Crippen LogP contribution in [-0.4, -0.2) is 105 Å². The van der Waals surface area contributed by atoms with E-state index in [0.717, 1.165) is 25.7 Å². The van der Waals surface area contributed by atoms with E-state index >= 15 is 13.6 Å². The number of carbonyl (C=O) groups is 4. The summed E-state index contributed by atoms with van der Waals surface area (Å²) in [6, 6.07) is 4.36. The van der Waals surface area contributed by atoms with E-state index in [1.54, 1.807) is 19.9 Å². The van der Waals surface area contributed by atoms with Crippen molar-refractivity contribution in [1.29, 1.82) is 0 Å². The maximum atomic E-state index is 15.4. The van der Waals surface area contributed by atoms with Crippen molar-refractivity contribution >= 4 is 44.6 Å². The minimum absolute atomic E-state index is 0.0924. The molecule has 2 aromatic rings. The number of benzene rings is 1. The number of amides is 4. The van der Waals surface area contributed by atoms with Crippen LogP contribution in [0.1, 0.15) is 98.6 Å². The van der Waals surface area contributed by atoms with Gasteiger partial charge in [-0.1, -0.05) is 44.2 Å². The molecule has 14 nitrogen and oxygen atoms in total. The molecule has 1 aromatic heterocycles. The van der Waals surface area contributed by atoms with Crippen LogP contribution < -0.4 is 19.5 Å². The third-order valence-corrected chi connectivity index (χ3v) is 15.5. The van der Waals surface area contributed by atoms with Crippen molar-refractivity contribution in [2.24, 2.45) is 17.8 Å². The second kappa shape index (κ2) is 15.2. The molecular weight excluding hydrogens is 789 g/mol. The Morgan fingerprint density at radius 3 is 2.47 bits per heavy atom. The summed E-state index contributed by atoms with van der Waals surface area (Å²) in [5.74, 6) is -6.67. The van der Waals surface area contributed by atoms with Gasteiger partial charge in [0.15, 0.2) is 0 Å². The molecule has 2 aliphatic carbocycles. The molecule has 3 N–H and O–H groups in total. The topological polar surface area (TPSA) is 185 Å². The number of fused-ring (bicyclic) bond motifs is 5. The Balaban J connectivity index is 1.30. The third-order valence-electron chi connectivity index (χ3n) is 13.3. The summed E-state index contributed by atoms with van der Waals surface area (Å²) in [6.45, 7) is 8.18. The maximum Gasteiger partial charge on any atom is 0.408 e. The molecule has 3 fully saturated rings. The zero-order valence-corrected chi connectivity index (χ0v) is 35.2. The molecule has 17 heteroatoms. The Labute approximate surface area is 343 Å². The van der Waals surface area contributed by atoms with Crippen LogP contribution in [0, 0.1) is 17.8 Å². The number of pyridine rings is 1. The molecule has 4 amide bonds. The number of allylic oxidation sites excluding steroid dienone is 1. The van der Waals surface area contributed by atoms with Gasteiger partial charge >= 0.3 is 6.09 Å². The van der Waals surface area contributed by atoms with Crippen molar-refractivity contribution in [3.05, 3.63) is 42.1 Å². The number of aromatic nitrogens is 1. The van der Waals surface area contributed by atoms with Gasteiger partial charge in [-0.3, -0.25) is 24.0 Å². The molecule has 3 aliphatic heterocycles. The largest absolute Gasteiger partial charge is 0.491 e. The van der Waals surface area contributed by atoms with Gasteiger partial charge in [0, 0.05) is 30.0 Å². The lowest BCUT2D eigenvalue weighted by molar-refractivity contribution is -0.156. The van der Waals surface area contributed by atoms with E-state index in [-0.39, 0.29) is 31.2 Å². The SMILES string of the molecule is C[C@H]1CC/C=C\[C@@H]2C[C@@]2(C(=O)NS(=O)(=O)C2(C)CC2)NC(=O)[C@@H]2C[C@@H](Oc3nc4c(c5ccccc35)OCCC4)CN2C(=O)[C@@H](N(C(=O)O)C(C)(C)C(C)(F)F)[C@H](C)C1. The molecule has 322 valence electrons. The Hall–Kier alpha value is -4.54. The van der Waals surface area contributed by atoms with Gasteiger partial charge in [0.2, 0.25) is 27.7 Å². The van der Waals surface area contributed by atoms with Crippen molar-refractivity contribution in [3.8, 4) is 11.6 Å². The van der Waals surface area contributed by atoms with Gasteiger partial charge in [-0.25, -0.2) is 27.0 Å². The highest BCUT2D eigenvalue weighted by atomic mass is 32.2. The number of aryl methyl sites for hydroxylation is 1. The second-order valence-corrected chi connectivity index (χ2v) is 20.4. The highest BCUT2D eigenvalue weighted by molar-refractivity contribution is 7.91. The molecule has 59 heavy (non-hydrogen) atoms. The van der Waals surface area contributed by atoms with Gasteiger partial charge in [0.05, 0.1) is 23.6 Å². The van der Waals surface area contributed by atoms with Crippen molar-refractivity contribution in [3.63, 3.8) is 0 Å². The standard InChI is InChI=1S/C42H55F2N5O9S/c1-24-12-7-8-13-26-22-42(26,37(52)47-59(55,56)40(5)17-18-40)46-34(50)31-21-27(58-35-29-15-10-9-14-28(29)33-30(45-35)16-11-19-57-33)23-48(31)36(51)32(25(2)20-24)49(38(53)54)39(3,4)41(6,43)44/h8-10,13-15,24-27,31-32H,7,11-12,16-23H2,1-6H3,(H,46,50)(H,47,52)(H,53,54)/b13-8-/t24-,25+,26+,27+,31-,32-,42+/m0/s1. The van der Waals surface area contributed by atoms with Crippen LogP contribution in [0.2, 0.25) is 0 Å². The smallest absolute Gasteiger partial charge is 0.408 e. The molecule has 0 spiro atoms. The number of halogens is 2. The number of sulfonamides is 1. The second-order valence-electron chi connectivity index (χ2n) is 18.2. The predicted molar refractivity (Wildman–Crippen MR) is 213 cm³/mol.